The van der Waals surface area contributed by atoms with Gasteiger partial charge in [-0.1, -0.05) is 42.5 Å². The van der Waals surface area contributed by atoms with Gasteiger partial charge in [-0.2, -0.15) is 0 Å². The van der Waals surface area contributed by atoms with Crippen molar-refractivity contribution in [2.75, 3.05) is 7.05 Å². The topological polar surface area (TPSA) is 32.3 Å². The average Bonchev–Trinajstić information content (AvgIpc) is 2.54. The maximum absolute atomic E-state index is 9.89. The summed E-state index contributed by atoms with van der Waals surface area (Å²) in [4.78, 5) is 0. The number of hydrogen-bond acceptors (Lipinski definition) is 2. The Labute approximate surface area is 127 Å². The van der Waals surface area contributed by atoms with E-state index in [9.17, 15) is 5.11 Å². The van der Waals surface area contributed by atoms with E-state index in [2.05, 4.69) is 54.7 Å². The molecule has 1 atom stereocenters. The predicted molar refractivity (Wildman–Crippen MR) is 88.6 cm³/mol. The van der Waals surface area contributed by atoms with E-state index in [0.29, 0.717) is 6.04 Å². The van der Waals surface area contributed by atoms with E-state index in [1.54, 1.807) is 0 Å². The zero-order valence-electron chi connectivity index (χ0n) is 13.0. The van der Waals surface area contributed by atoms with E-state index in [1.165, 1.54) is 16.3 Å². The third kappa shape index (κ3) is 2.58. The molecule has 2 N–H and O–H groups in total. The fourth-order valence-electron chi connectivity index (χ4n) is 3.86. The van der Waals surface area contributed by atoms with Gasteiger partial charge in [0.15, 0.2) is 0 Å². The van der Waals surface area contributed by atoms with Crippen LogP contribution in [0.1, 0.15) is 38.2 Å². The van der Waals surface area contributed by atoms with Crippen molar-refractivity contribution >= 4 is 10.8 Å². The molecule has 0 bridgehead atoms. The molecule has 2 nitrogen and oxygen atoms in total. The highest BCUT2D eigenvalue weighted by atomic mass is 16.3. The molecule has 0 heterocycles. The van der Waals surface area contributed by atoms with Crippen LogP contribution >= 0.6 is 0 Å². The number of rotatable bonds is 3. The first kappa shape index (κ1) is 14.6. The fraction of sp³-hybridized carbons (Fsp3) is 0.474. The Morgan fingerprint density at radius 3 is 2.43 bits per heavy atom. The summed E-state index contributed by atoms with van der Waals surface area (Å²) in [5.41, 5.74) is 1.55. The van der Waals surface area contributed by atoms with Crippen LogP contribution in [0.5, 0.6) is 0 Å². The molecule has 0 aliphatic heterocycles. The van der Waals surface area contributed by atoms with Crippen LogP contribution in [-0.4, -0.2) is 24.3 Å². The number of nitrogens with one attached hydrogen (secondary N) is 1. The van der Waals surface area contributed by atoms with E-state index >= 15 is 0 Å². The minimum atomic E-state index is -0.123. The number of likely N-dealkylation sites (N-methyl/N-ethyl adjacent to an activating group) is 1. The van der Waals surface area contributed by atoms with Crippen molar-refractivity contribution in [3.8, 4) is 0 Å². The highest BCUT2D eigenvalue weighted by Crippen LogP contribution is 2.43. The highest BCUT2D eigenvalue weighted by Gasteiger charge is 2.40. The third-order valence-electron chi connectivity index (χ3n) is 5.43. The fourth-order valence-corrected chi connectivity index (χ4v) is 3.86. The van der Waals surface area contributed by atoms with Crippen LogP contribution < -0.4 is 5.32 Å². The molecule has 1 aliphatic carbocycles. The SMILES string of the molecule is CNC(C)C1(c2ccc3ccccc3c2)CCC(O)CC1. The third-order valence-corrected chi connectivity index (χ3v) is 5.43. The zero-order valence-corrected chi connectivity index (χ0v) is 13.0. The van der Waals surface area contributed by atoms with Gasteiger partial charge in [0.05, 0.1) is 6.10 Å². The van der Waals surface area contributed by atoms with Gasteiger partial charge >= 0.3 is 0 Å². The van der Waals surface area contributed by atoms with Crippen LogP contribution in [0.15, 0.2) is 42.5 Å². The first-order valence-electron chi connectivity index (χ1n) is 8.00. The minimum absolute atomic E-state index is 0.123. The van der Waals surface area contributed by atoms with Crippen molar-refractivity contribution in [2.45, 2.75) is 50.2 Å². The first-order chi connectivity index (χ1) is 10.2. The number of aliphatic hydroxyl groups excluding tert-OH is 1. The van der Waals surface area contributed by atoms with E-state index in [4.69, 9.17) is 0 Å². The van der Waals surface area contributed by atoms with Crippen LogP contribution in [0.4, 0.5) is 0 Å². The van der Waals surface area contributed by atoms with Gasteiger partial charge in [0.25, 0.3) is 0 Å². The van der Waals surface area contributed by atoms with Crippen LogP contribution in [-0.2, 0) is 5.41 Å². The van der Waals surface area contributed by atoms with Crippen molar-refractivity contribution < 1.29 is 5.11 Å². The maximum Gasteiger partial charge on any atom is 0.0541 e. The van der Waals surface area contributed by atoms with E-state index in [1.807, 2.05) is 7.05 Å². The van der Waals surface area contributed by atoms with Crippen molar-refractivity contribution in [3.63, 3.8) is 0 Å². The molecule has 0 spiro atoms. The Kier molecular flexibility index (Phi) is 4.01. The lowest BCUT2D eigenvalue weighted by molar-refractivity contribution is 0.0835. The van der Waals surface area contributed by atoms with Crippen LogP contribution in [0.3, 0.4) is 0 Å². The Morgan fingerprint density at radius 1 is 1.10 bits per heavy atom. The molecular weight excluding hydrogens is 258 g/mol. The standard InChI is InChI=1S/C19H25NO/c1-14(20-2)19(11-9-18(21)10-12-19)17-8-7-15-5-3-4-6-16(15)13-17/h3-8,13-14,18,20-21H,9-12H2,1-2H3. The lowest BCUT2D eigenvalue weighted by Crippen LogP contribution is -2.48. The molecule has 2 aromatic rings. The average molecular weight is 283 g/mol. The molecule has 2 heteroatoms. The summed E-state index contributed by atoms with van der Waals surface area (Å²) in [6.07, 6.45) is 3.78. The van der Waals surface area contributed by atoms with E-state index < -0.39 is 0 Å². The molecule has 21 heavy (non-hydrogen) atoms. The monoisotopic (exact) mass is 283 g/mol. The Morgan fingerprint density at radius 2 is 1.76 bits per heavy atom. The normalized spacial score (nSPS) is 27.7. The van der Waals surface area contributed by atoms with Crippen LogP contribution in [0.25, 0.3) is 10.8 Å². The van der Waals surface area contributed by atoms with Gasteiger partial charge in [0, 0.05) is 11.5 Å². The van der Waals surface area contributed by atoms with Crippen LogP contribution in [0, 0.1) is 0 Å². The first-order valence-corrected chi connectivity index (χ1v) is 8.00. The molecule has 1 aliphatic rings. The molecule has 0 radical (unpaired) electrons. The maximum atomic E-state index is 9.89. The second-order valence-electron chi connectivity index (χ2n) is 6.46. The largest absolute Gasteiger partial charge is 0.393 e. The smallest absolute Gasteiger partial charge is 0.0541 e. The quantitative estimate of drug-likeness (QED) is 0.901. The lowest BCUT2D eigenvalue weighted by atomic mass is 9.64. The second kappa shape index (κ2) is 5.78. The second-order valence-corrected chi connectivity index (χ2v) is 6.46. The zero-order chi connectivity index (χ0) is 14.9. The molecule has 0 saturated heterocycles. The summed E-state index contributed by atoms with van der Waals surface area (Å²) in [5, 5.41) is 16.0. The molecule has 112 valence electrons. The number of fused-ring (bicyclic) bond motifs is 1. The molecule has 2 aromatic carbocycles. The summed E-state index contributed by atoms with van der Waals surface area (Å²) < 4.78 is 0. The van der Waals surface area contributed by atoms with Crippen molar-refractivity contribution in [1.29, 1.82) is 0 Å². The van der Waals surface area contributed by atoms with E-state index in [-0.39, 0.29) is 11.5 Å². The Hall–Kier alpha value is -1.38. The van der Waals surface area contributed by atoms with Gasteiger partial charge in [-0.3, -0.25) is 0 Å². The summed E-state index contributed by atoms with van der Waals surface area (Å²) in [6, 6.07) is 15.8. The van der Waals surface area contributed by atoms with Crippen LogP contribution in [0.2, 0.25) is 0 Å². The highest BCUT2D eigenvalue weighted by molar-refractivity contribution is 5.83. The van der Waals surface area contributed by atoms with Gasteiger partial charge in [-0.05, 0) is 56.0 Å². The van der Waals surface area contributed by atoms with Gasteiger partial charge in [0.1, 0.15) is 0 Å². The van der Waals surface area contributed by atoms with Gasteiger partial charge < -0.3 is 10.4 Å². The van der Waals surface area contributed by atoms with Gasteiger partial charge in [-0.15, -0.1) is 0 Å². The van der Waals surface area contributed by atoms with Crippen molar-refractivity contribution in [2.24, 2.45) is 0 Å². The number of benzene rings is 2. The molecule has 0 aromatic heterocycles. The Bertz CT molecular complexity index is 614. The van der Waals surface area contributed by atoms with Crippen molar-refractivity contribution in [1.82, 2.24) is 5.32 Å². The van der Waals surface area contributed by atoms with Gasteiger partial charge in [-0.25, -0.2) is 0 Å². The molecule has 3 rings (SSSR count). The number of aliphatic hydroxyl groups is 1. The summed E-state index contributed by atoms with van der Waals surface area (Å²) >= 11 is 0. The minimum Gasteiger partial charge on any atom is -0.393 e. The Balaban J connectivity index is 2.05. The summed E-state index contributed by atoms with van der Waals surface area (Å²) in [7, 11) is 2.04. The number of hydrogen-bond donors (Lipinski definition) is 2. The summed E-state index contributed by atoms with van der Waals surface area (Å²) in [6.45, 7) is 2.27. The van der Waals surface area contributed by atoms with Crippen molar-refractivity contribution in [3.05, 3.63) is 48.0 Å². The molecule has 0 amide bonds. The van der Waals surface area contributed by atoms with E-state index in [0.717, 1.165) is 25.7 Å². The molecule has 1 unspecified atom stereocenters. The summed E-state index contributed by atoms with van der Waals surface area (Å²) in [5.74, 6) is 0. The molecule has 1 fully saturated rings. The van der Waals surface area contributed by atoms with Gasteiger partial charge in [0.2, 0.25) is 0 Å². The lowest BCUT2D eigenvalue weighted by Gasteiger charge is -2.44. The predicted octanol–water partition coefficient (Wildman–Crippen LogP) is 3.62. The molecule has 1 saturated carbocycles. The molecular formula is C19H25NO.